The van der Waals surface area contributed by atoms with Crippen molar-refractivity contribution >= 4 is 6.08 Å². The van der Waals surface area contributed by atoms with Crippen LogP contribution in [0.2, 0.25) is 0 Å². The van der Waals surface area contributed by atoms with E-state index in [1.165, 1.54) is 7.11 Å². The SMILES string of the molecule is COc1cc(OC)c(C/C=C/c2ccccc2)cc1O. The van der Waals surface area contributed by atoms with Gasteiger partial charge in [0.15, 0.2) is 11.5 Å². The van der Waals surface area contributed by atoms with Crippen molar-refractivity contribution in [3.8, 4) is 17.2 Å². The van der Waals surface area contributed by atoms with Crippen molar-refractivity contribution in [3.05, 3.63) is 59.7 Å². The Morgan fingerprint density at radius 2 is 1.70 bits per heavy atom. The first-order chi connectivity index (χ1) is 9.74. The third kappa shape index (κ3) is 3.32. The number of methoxy groups -OCH3 is 2. The first-order valence-corrected chi connectivity index (χ1v) is 6.40. The van der Waals surface area contributed by atoms with Crippen LogP contribution in [0, 0.1) is 0 Å². The molecule has 0 bridgehead atoms. The van der Waals surface area contributed by atoms with Crippen LogP contribution in [0.25, 0.3) is 6.08 Å². The molecule has 0 aliphatic heterocycles. The summed E-state index contributed by atoms with van der Waals surface area (Å²) in [6.45, 7) is 0. The van der Waals surface area contributed by atoms with E-state index in [1.807, 2.05) is 42.5 Å². The van der Waals surface area contributed by atoms with Crippen LogP contribution in [0.4, 0.5) is 0 Å². The van der Waals surface area contributed by atoms with E-state index in [-0.39, 0.29) is 5.75 Å². The van der Waals surface area contributed by atoms with E-state index in [2.05, 4.69) is 0 Å². The zero-order chi connectivity index (χ0) is 14.4. The second kappa shape index (κ2) is 6.66. The fourth-order valence-electron chi connectivity index (χ4n) is 1.99. The Morgan fingerprint density at radius 3 is 2.35 bits per heavy atom. The maximum atomic E-state index is 9.82. The second-order valence-electron chi connectivity index (χ2n) is 4.35. The minimum atomic E-state index is 0.122. The molecular weight excluding hydrogens is 252 g/mol. The van der Waals surface area contributed by atoms with Crippen molar-refractivity contribution in [2.45, 2.75) is 6.42 Å². The summed E-state index contributed by atoms with van der Waals surface area (Å²) in [5.74, 6) is 1.24. The number of phenols is 1. The van der Waals surface area contributed by atoms with Crippen LogP contribution in [-0.2, 0) is 6.42 Å². The third-order valence-electron chi connectivity index (χ3n) is 3.03. The molecule has 0 radical (unpaired) electrons. The van der Waals surface area contributed by atoms with Gasteiger partial charge in [-0.25, -0.2) is 0 Å². The molecule has 3 nitrogen and oxygen atoms in total. The van der Waals surface area contributed by atoms with Gasteiger partial charge in [0.1, 0.15) is 5.75 Å². The highest BCUT2D eigenvalue weighted by Gasteiger charge is 2.09. The van der Waals surface area contributed by atoms with E-state index in [9.17, 15) is 5.11 Å². The van der Waals surface area contributed by atoms with Gasteiger partial charge in [0, 0.05) is 11.6 Å². The molecule has 2 aromatic rings. The van der Waals surface area contributed by atoms with E-state index in [0.29, 0.717) is 17.9 Å². The molecule has 104 valence electrons. The van der Waals surface area contributed by atoms with Gasteiger partial charge < -0.3 is 14.6 Å². The molecule has 0 fully saturated rings. The van der Waals surface area contributed by atoms with Crippen molar-refractivity contribution in [3.63, 3.8) is 0 Å². The highest BCUT2D eigenvalue weighted by molar-refractivity contribution is 5.53. The third-order valence-corrected chi connectivity index (χ3v) is 3.03. The number of allylic oxidation sites excluding steroid dienone is 1. The number of aromatic hydroxyl groups is 1. The van der Waals surface area contributed by atoms with E-state index in [4.69, 9.17) is 9.47 Å². The number of ether oxygens (including phenoxy) is 2. The summed E-state index contributed by atoms with van der Waals surface area (Å²) >= 11 is 0. The zero-order valence-corrected chi connectivity index (χ0v) is 11.7. The molecule has 0 heterocycles. The summed E-state index contributed by atoms with van der Waals surface area (Å²) in [5.41, 5.74) is 2.06. The van der Waals surface area contributed by atoms with E-state index in [1.54, 1.807) is 19.2 Å². The highest BCUT2D eigenvalue weighted by Crippen LogP contribution is 2.34. The number of rotatable bonds is 5. The molecule has 0 aliphatic rings. The van der Waals surface area contributed by atoms with Gasteiger partial charge in [-0.05, 0) is 18.1 Å². The number of hydrogen-bond acceptors (Lipinski definition) is 3. The lowest BCUT2D eigenvalue weighted by molar-refractivity contribution is 0.362. The average Bonchev–Trinajstić information content (AvgIpc) is 2.48. The molecule has 20 heavy (non-hydrogen) atoms. The van der Waals surface area contributed by atoms with Crippen LogP contribution in [0.15, 0.2) is 48.5 Å². The van der Waals surface area contributed by atoms with E-state index in [0.717, 1.165) is 11.1 Å². The van der Waals surface area contributed by atoms with Crippen LogP contribution in [-0.4, -0.2) is 19.3 Å². The predicted octanol–water partition coefficient (Wildman–Crippen LogP) is 3.67. The van der Waals surface area contributed by atoms with Gasteiger partial charge in [-0.1, -0.05) is 42.5 Å². The van der Waals surface area contributed by atoms with Crippen molar-refractivity contribution in [2.24, 2.45) is 0 Å². The number of hydrogen-bond donors (Lipinski definition) is 1. The Balaban J connectivity index is 2.17. The van der Waals surface area contributed by atoms with Gasteiger partial charge in [0.05, 0.1) is 14.2 Å². The maximum Gasteiger partial charge on any atom is 0.164 e. The number of benzene rings is 2. The van der Waals surface area contributed by atoms with Crippen LogP contribution in [0.3, 0.4) is 0 Å². The smallest absolute Gasteiger partial charge is 0.164 e. The first kappa shape index (κ1) is 14.0. The Bertz CT molecular complexity index is 589. The minimum absolute atomic E-state index is 0.122. The molecule has 0 aliphatic carbocycles. The lowest BCUT2D eigenvalue weighted by Crippen LogP contribution is -1.93. The van der Waals surface area contributed by atoms with Crippen molar-refractivity contribution < 1.29 is 14.6 Å². The topological polar surface area (TPSA) is 38.7 Å². The molecule has 2 aromatic carbocycles. The molecular formula is C17H18O3. The molecule has 1 N–H and O–H groups in total. The normalized spacial score (nSPS) is 10.7. The molecule has 0 saturated carbocycles. The van der Waals surface area contributed by atoms with E-state index < -0.39 is 0 Å². The minimum Gasteiger partial charge on any atom is -0.504 e. The summed E-state index contributed by atoms with van der Waals surface area (Å²) < 4.78 is 10.4. The monoisotopic (exact) mass is 270 g/mol. The van der Waals surface area contributed by atoms with Gasteiger partial charge in [-0.3, -0.25) is 0 Å². The summed E-state index contributed by atoms with van der Waals surface area (Å²) in [6, 6.07) is 13.4. The van der Waals surface area contributed by atoms with Crippen LogP contribution >= 0.6 is 0 Å². The standard InChI is InChI=1S/C17H18O3/c1-19-16-12-17(20-2)15(18)11-14(16)10-6-9-13-7-4-3-5-8-13/h3-9,11-12,18H,10H2,1-2H3/b9-6+. The lowest BCUT2D eigenvalue weighted by Gasteiger charge is -2.10. The van der Waals surface area contributed by atoms with Crippen molar-refractivity contribution in [1.29, 1.82) is 0 Å². The molecule has 3 heteroatoms. The first-order valence-electron chi connectivity index (χ1n) is 6.40. The van der Waals surface area contributed by atoms with Gasteiger partial charge in [-0.15, -0.1) is 0 Å². The van der Waals surface area contributed by atoms with Crippen molar-refractivity contribution in [2.75, 3.05) is 14.2 Å². The average molecular weight is 270 g/mol. The lowest BCUT2D eigenvalue weighted by atomic mass is 10.1. The molecule has 0 amide bonds. The maximum absolute atomic E-state index is 9.82. The molecule has 2 rings (SSSR count). The summed E-state index contributed by atoms with van der Waals surface area (Å²) in [5, 5.41) is 9.82. The fourth-order valence-corrected chi connectivity index (χ4v) is 1.99. The van der Waals surface area contributed by atoms with Crippen molar-refractivity contribution in [1.82, 2.24) is 0 Å². The van der Waals surface area contributed by atoms with Gasteiger partial charge in [0.2, 0.25) is 0 Å². The quantitative estimate of drug-likeness (QED) is 0.901. The van der Waals surface area contributed by atoms with Crippen LogP contribution < -0.4 is 9.47 Å². The molecule has 0 spiro atoms. The Morgan fingerprint density at radius 1 is 1.00 bits per heavy atom. The molecule has 0 unspecified atom stereocenters. The van der Waals surface area contributed by atoms with Gasteiger partial charge >= 0.3 is 0 Å². The highest BCUT2D eigenvalue weighted by atomic mass is 16.5. The molecule has 0 atom stereocenters. The molecule has 0 saturated heterocycles. The second-order valence-corrected chi connectivity index (χ2v) is 4.35. The van der Waals surface area contributed by atoms with Gasteiger partial charge in [-0.2, -0.15) is 0 Å². The van der Waals surface area contributed by atoms with Gasteiger partial charge in [0.25, 0.3) is 0 Å². The van der Waals surface area contributed by atoms with Crippen LogP contribution in [0.1, 0.15) is 11.1 Å². The van der Waals surface area contributed by atoms with E-state index >= 15 is 0 Å². The zero-order valence-electron chi connectivity index (χ0n) is 11.7. The predicted molar refractivity (Wildman–Crippen MR) is 80.4 cm³/mol. The summed E-state index contributed by atoms with van der Waals surface area (Å²) in [7, 11) is 3.12. The Labute approximate surface area is 119 Å². The number of phenolic OH excluding ortho intramolecular Hbond substituents is 1. The Kier molecular flexibility index (Phi) is 4.66. The fraction of sp³-hybridized carbons (Fsp3) is 0.176. The molecule has 0 aromatic heterocycles. The largest absolute Gasteiger partial charge is 0.504 e. The van der Waals surface area contributed by atoms with Crippen LogP contribution in [0.5, 0.6) is 17.2 Å². The Hall–Kier alpha value is -2.42. The summed E-state index contributed by atoms with van der Waals surface area (Å²) in [6.07, 6.45) is 4.76. The summed E-state index contributed by atoms with van der Waals surface area (Å²) in [4.78, 5) is 0.